The van der Waals surface area contributed by atoms with E-state index >= 15 is 0 Å². The van der Waals surface area contributed by atoms with Crippen molar-refractivity contribution in [3.05, 3.63) is 59.7 Å². The number of hydrogen-bond donors (Lipinski definition) is 6. The Bertz CT molecular complexity index is 1030. The van der Waals surface area contributed by atoms with Crippen LogP contribution in [0.25, 0.3) is 5.57 Å². The molecule has 2 aromatic carbocycles. The van der Waals surface area contributed by atoms with Crippen LogP contribution in [-0.4, -0.2) is 80.0 Å². The van der Waals surface area contributed by atoms with Crippen molar-refractivity contribution in [1.29, 1.82) is 0 Å². The molecule has 0 spiro atoms. The predicted molar refractivity (Wildman–Crippen MR) is 112 cm³/mol. The van der Waals surface area contributed by atoms with Gasteiger partial charge in [-0.2, -0.15) is 0 Å². The minimum atomic E-state index is -1.65. The summed E-state index contributed by atoms with van der Waals surface area (Å²) in [5.74, 6) is -0.605. The van der Waals surface area contributed by atoms with Crippen molar-refractivity contribution in [3.8, 4) is 17.2 Å². The lowest BCUT2D eigenvalue weighted by molar-refractivity contribution is -0.277. The zero-order valence-corrected chi connectivity index (χ0v) is 17.3. The molecule has 10 nitrogen and oxygen atoms in total. The highest BCUT2D eigenvalue weighted by atomic mass is 16.7. The minimum absolute atomic E-state index is 0.0274. The average Bonchev–Trinajstić information content (AvgIpc) is 3.15. The maximum Gasteiger partial charge on any atom is 0.331 e. The summed E-state index contributed by atoms with van der Waals surface area (Å²) < 4.78 is 16.6. The first kappa shape index (κ1) is 23.0. The highest BCUT2D eigenvalue weighted by Gasteiger charge is 2.45. The van der Waals surface area contributed by atoms with E-state index < -0.39 is 49.4 Å². The van der Waals surface area contributed by atoms with E-state index in [1.807, 2.05) is 0 Å². The van der Waals surface area contributed by atoms with Crippen molar-refractivity contribution in [1.82, 2.24) is 0 Å². The van der Waals surface area contributed by atoms with Crippen molar-refractivity contribution in [3.63, 3.8) is 0 Å². The van der Waals surface area contributed by atoms with Gasteiger partial charge in [0.2, 0.25) is 6.29 Å². The molecule has 0 aromatic heterocycles. The highest BCUT2D eigenvalue weighted by Crippen LogP contribution is 2.38. The fraction of sp³-hybridized carbons (Fsp3) is 0.348. The fourth-order valence-corrected chi connectivity index (χ4v) is 3.84. The van der Waals surface area contributed by atoms with Crippen LogP contribution in [0.3, 0.4) is 0 Å². The van der Waals surface area contributed by atoms with Gasteiger partial charge in [0.05, 0.1) is 6.61 Å². The lowest BCUT2D eigenvalue weighted by Gasteiger charge is -2.39. The number of rotatable bonds is 6. The van der Waals surface area contributed by atoms with E-state index in [-0.39, 0.29) is 17.2 Å². The Morgan fingerprint density at radius 3 is 2.30 bits per heavy atom. The Labute approximate surface area is 188 Å². The summed E-state index contributed by atoms with van der Waals surface area (Å²) in [6.07, 6.45) is -6.59. The summed E-state index contributed by atoms with van der Waals surface area (Å²) in [5, 5.41) is 59.2. The van der Waals surface area contributed by atoms with Crippen LogP contribution in [0.2, 0.25) is 0 Å². The first-order chi connectivity index (χ1) is 15.8. The van der Waals surface area contributed by atoms with Gasteiger partial charge in [-0.3, -0.25) is 0 Å². The van der Waals surface area contributed by atoms with Crippen LogP contribution in [-0.2, 0) is 20.7 Å². The number of ether oxygens (including phenoxy) is 3. The molecule has 10 heteroatoms. The number of hydrogen-bond acceptors (Lipinski definition) is 10. The van der Waals surface area contributed by atoms with Crippen molar-refractivity contribution in [2.75, 3.05) is 6.61 Å². The number of cyclic esters (lactones) is 1. The summed E-state index contributed by atoms with van der Waals surface area (Å²) in [4.78, 5) is 12.1. The largest absolute Gasteiger partial charge is 0.508 e. The molecule has 1 saturated heterocycles. The number of carbonyl (C=O) groups is 1. The molecular formula is C23H24O10. The first-order valence-corrected chi connectivity index (χ1v) is 10.3. The number of esters is 1. The van der Waals surface area contributed by atoms with Gasteiger partial charge in [-0.05, 0) is 29.8 Å². The number of carbonyl (C=O) groups excluding carboxylic acids is 1. The normalized spacial score (nSPS) is 29.5. The third-order valence-corrected chi connectivity index (χ3v) is 5.60. The standard InChI is InChI=1S/C23H24O10/c24-10-18-20(28)21(29)22(30)23(33-18)32-17-8-13(26)5-6-14(17)15-9-19(27)31-16(15)7-11-1-3-12(25)4-2-11/h1-6,8-9,16,18,20-26,28-30H,7,10H2. The lowest BCUT2D eigenvalue weighted by atomic mass is 9.95. The molecule has 6 N–H and O–H groups in total. The van der Waals surface area contributed by atoms with Crippen molar-refractivity contribution in [2.45, 2.75) is 43.2 Å². The Morgan fingerprint density at radius 2 is 1.61 bits per heavy atom. The van der Waals surface area contributed by atoms with E-state index in [1.54, 1.807) is 12.1 Å². The Hall–Kier alpha value is -3.15. The molecule has 2 aliphatic heterocycles. The molecule has 0 saturated carbocycles. The molecule has 2 aliphatic rings. The van der Waals surface area contributed by atoms with Gasteiger partial charge in [-0.1, -0.05) is 12.1 Å². The number of benzene rings is 2. The maximum absolute atomic E-state index is 12.1. The monoisotopic (exact) mass is 460 g/mol. The van der Waals surface area contributed by atoms with Crippen molar-refractivity contribution >= 4 is 11.5 Å². The summed E-state index contributed by atoms with van der Waals surface area (Å²) in [7, 11) is 0. The van der Waals surface area contributed by atoms with Crippen LogP contribution < -0.4 is 4.74 Å². The van der Waals surface area contributed by atoms with Gasteiger partial charge in [0.25, 0.3) is 0 Å². The second-order valence-electron chi connectivity index (χ2n) is 7.89. The number of phenols is 2. The molecule has 33 heavy (non-hydrogen) atoms. The van der Waals surface area contributed by atoms with E-state index in [1.165, 1.54) is 36.4 Å². The molecule has 2 aromatic rings. The first-order valence-electron chi connectivity index (χ1n) is 10.3. The number of aromatic hydroxyl groups is 2. The van der Waals surface area contributed by atoms with Gasteiger partial charge in [0, 0.05) is 29.7 Å². The molecule has 0 aliphatic carbocycles. The maximum atomic E-state index is 12.1. The zero-order chi connectivity index (χ0) is 23.7. The van der Waals surface area contributed by atoms with Gasteiger partial charge >= 0.3 is 5.97 Å². The zero-order valence-electron chi connectivity index (χ0n) is 17.3. The smallest absolute Gasteiger partial charge is 0.331 e. The van der Waals surface area contributed by atoms with Crippen LogP contribution >= 0.6 is 0 Å². The van der Waals surface area contributed by atoms with Crippen LogP contribution in [0.5, 0.6) is 17.2 Å². The number of aliphatic hydroxyl groups excluding tert-OH is 4. The SMILES string of the molecule is O=C1C=C(c2ccc(O)cc2OC2OC(CO)C(O)C(O)C2O)C(Cc2ccc(O)cc2)O1. The second kappa shape index (κ2) is 9.38. The van der Waals surface area contributed by atoms with E-state index in [0.29, 0.717) is 17.6 Å². The van der Waals surface area contributed by atoms with E-state index in [2.05, 4.69) is 0 Å². The lowest BCUT2D eigenvalue weighted by Crippen LogP contribution is -2.60. The third-order valence-electron chi connectivity index (χ3n) is 5.60. The van der Waals surface area contributed by atoms with Crippen molar-refractivity contribution in [2.24, 2.45) is 0 Å². The Kier molecular flexibility index (Phi) is 6.54. The van der Waals surface area contributed by atoms with E-state index in [0.717, 1.165) is 5.56 Å². The number of phenolic OH excluding ortho intramolecular Hbond substituents is 2. The molecule has 0 amide bonds. The summed E-state index contributed by atoms with van der Waals surface area (Å²) >= 11 is 0. The van der Waals surface area contributed by atoms with E-state index in [4.69, 9.17) is 14.2 Å². The molecular weight excluding hydrogens is 436 g/mol. The summed E-state index contributed by atoms with van der Waals surface area (Å²) in [5.41, 5.74) is 1.63. The molecule has 6 atom stereocenters. The van der Waals surface area contributed by atoms with Crippen molar-refractivity contribution < 1.29 is 49.6 Å². The highest BCUT2D eigenvalue weighted by molar-refractivity contribution is 5.98. The Balaban J connectivity index is 1.62. The topological polar surface area (TPSA) is 166 Å². The minimum Gasteiger partial charge on any atom is -0.508 e. The summed E-state index contributed by atoms with van der Waals surface area (Å²) in [6.45, 7) is -0.625. The van der Waals surface area contributed by atoms with Gasteiger partial charge in [-0.25, -0.2) is 4.79 Å². The molecule has 0 radical (unpaired) electrons. The van der Waals surface area contributed by atoms with Crippen LogP contribution in [0.15, 0.2) is 48.5 Å². The molecule has 0 bridgehead atoms. The summed E-state index contributed by atoms with van der Waals surface area (Å²) in [6, 6.07) is 10.6. The van der Waals surface area contributed by atoms with Crippen LogP contribution in [0.4, 0.5) is 0 Å². The molecule has 6 unspecified atom stereocenters. The predicted octanol–water partition coefficient (Wildman–Crippen LogP) is -0.172. The quantitative estimate of drug-likeness (QED) is 0.319. The number of aliphatic hydroxyl groups is 4. The third kappa shape index (κ3) is 4.80. The molecule has 1 fully saturated rings. The van der Waals surface area contributed by atoms with Crippen LogP contribution in [0.1, 0.15) is 11.1 Å². The Morgan fingerprint density at radius 1 is 0.909 bits per heavy atom. The van der Waals surface area contributed by atoms with Crippen LogP contribution in [0, 0.1) is 0 Å². The van der Waals surface area contributed by atoms with Gasteiger partial charge in [0.1, 0.15) is 47.8 Å². The average molecular weight is 460 g/mol. The second-order valence-corrected chi connectivity index (χ2v) is 7.89. The van der Waals surface area contributed by atoms with Gasteiger partial charge in [0.15, 0.2) is 0 Å². The molecule has 176 valence electrons. The van der Waals surface area contributed by atoms with Gasteiger partial charge in [-0.15, -0.1) is 0 Å². The van der Waals surface area contributed by atoms with Gasteiger partial charge < -0.3 is 44.8 Å². The molecule has 4 rings (SSSR count). The fourth-order valence-electron chi connectivity index (χ4n) is 3.84. The van der Waals surface area contributed by atoms with E-state index in [9.17, 15) is 35.4 Å². The molecule has 2 heterocycles.